The first-order chi connectivity index (χ1) is 18.9. The minimum atomic E-state index is -4.58. The van der Waals surface area contributed by atoms with Gasteiger partial charge >= 0.3 is 6.18 Å². The van der Waals surface area contributed by atoms with Gasteiger partial charge in [0.2, 0.25) is 11.8 Å². The Morgan fingerprint density at radius 2 is 2.05 bits per heavy atom. The number of allylic oxidation sites excluding steroid dienone is 3. The minimum Gasteiger partial charge on any atom is -0.340 e. The highest BCUT2D eigenvalue weighted by Gasteiger charge is 2.52. The number of rotatable bonds is 5. The Morgan fingerprint density at radius 3 is 2.77 bits per heavy atom. The number of pyridine rings is 2. The number of fused-ring (bicyclic) bond motifs is 3. The summed E-state index contributed by atoms with van der Waals surface area (Å²) in [6.07, 6.45) is 4.68. The van der Waals surface area contributed by atoms with E-state index in [-0.39, 0.29) is 23.8 Å². The molecule has 0 aromatic carbocycles. The van der Waals surface area contributed by atoms with Gasteiger partial charge < -0.3 is 15.5 Å². The standard InChI is InChI=1S/C29H30F3N5O3/c1-4-5-7-16(2)20-11-22(26(39)37(17(20)3)15-29(30,31)32)35-25(38)19-10-18-12-28(13-23(18)34-14-19)21-8-6-9-33-24(21)36-27(28)40/h4-10,14,17,20,22H,11-13,15H2,1-3H3,(H,35,38)(H,33,36,40)/b5-4-,16-7+/t17-,20+,22+,28+/m1/s1. The molecule has 210 valence electrons. The van der Waals surface area contributed by atoms with E-state index in [4.69, 9.17) is 0 Å². The molecular weight excluding hydrogens is 523 g/mol. The smallest absolute Gasteiger partial charge is 0.340 e. The number of carbonyl (C=O) groups is 3. The number of anilines is 1. The Kier molecular flexibility index (Phi) is 7.01. The van der Waals surface area contributed by atoms with Crippen molar-refractivity contribution in [2.45, 2.75) is 63.7 Å². The van der Waals surface area contributed by atoms with Crippen molar-refractivity contribution in [1.82, 2.24) is 20.2 Å². The quantitative estimate of drug-likeness (QED) is 0.547. The summed E-state index contributed by atoms with van der Waals surface area (Å²) in [7, 11) is 0. The maximum atomic E-state index is 13.4. The molecule has 3 amide bonds. The maximum absolute atomic E-state index is 13.4. The zero-order chi connectivity index (χ0) is 28.8. The second-order valence-electron chi connectivity index (χ2n) is 10.7. The van der Waals surface area contributed by atoms with E-state index in [2.05, 4.69) is 20.6 Å². The molecule has 2 aromatic rings. The highest BCUT2D eigenvalue weighted by atomic mass is 19.4. The van der Waals surface area contributed by atoms with Crippen molar-refractivity contribution in [3.63, 3.8) is 0 Å². The summed E-state index contributed by atoms with van der Waals surface area (Å²) in [6.45, 7) is 3.85. The van der Waals surface area contributed by atoms with Crippen LogP contribution < -0.4 is 10.6 Å². The fraction of sp³-hybridized carbons (Fsp3) is 0.414. The number of aromatic nitrogens is 2. The molecule has 1 saturated heterocycles. The van der Waals surface area contributed by atoms with E-state index in [1.54, 1.807) is 31.3 Å². The van der Waals surface area contributed by atoms with Crippen LogP contribution in [0.4, 0.5) is 19.0 Å². The molecular formula is C29H30F3N5O3. The van der Waals surface area contributed by atoms with Crippen molar-refractivity contribution in [1.29, 1.82) is 0 Å². The molecule has 1 aliphatic carbocycles. The molecule has 0 bridgehead atoms. The lowest BCUT2D eigenvalue weighted by atomic mass is 9.80. The molecule has 2 aliphatic heterocycles. The van der Waals surface area contributed by atoms with E-state index >= 15 is 0 Å². The molecule has 0 saturated carbocycles. The molecule has 2 N–H and O–H groups in total. The Labute approximate surface area is 229 Å². The molecule has 1 fully saturated rings. The third kappa shape index (κ3) is 4.89. The van der Waals surface area contributed by atoms with Gasteiger partial charge in [0.1, 0.15) is 18.4 Å². The monoisotopic (exact) mass is 553 g/mol. The number of likely N-dealkylation sites (tertiary alicyclic amines) is 1. The SMILES string of the molecule is C/C=C\C=C(/C)[C@@H]1C[C@H](NC(=O)c2cnc3c(c2)C[C@@]2(C3)C(=O)Nc3ncccc32)C(=O)N(CC(F)(F)F)[C@@H]1C. The summed E-state index contributed by atoms with van der Waals surface area (Å²) in [4.78, 5) is 48.9. The average molecular weight is 554 g/mol. The van der Waals surface area contributed by atoms with Crippen molar-refractivity contribution in [3.05, 3.63) is 76.8 Å². The number of amides is 3. The lowest BCUT2D eigenvalue weighted by molar-refractivity contribution is -0.171. The second-order valence-corrected chi connectivity index (χ2v) is 10.7. The molecule has 40 heavy (non-hydrogen) atoms. The van der Waals surface area contributed by atoms with Crippen molar-refractivity contribution in [2.75, 3.05) is 11.9 Å². The van der Waals surface area contributed by atoms with Gasteiger partial charge in [0.05, 0.1) is 11.0 Å². The van der Waals surface area contributed by atoms with Gasteiger partial charge in [0, 0.05) is 42.0 Å². The summed E-state index contributed by atoms with van der Waals surface area (Å²) in [5.74, 6) is -1.42. The molecule has 3 aliphatic rings. The van der Waals surface area contributed by atoms with E-state index in [0.29, 0.717) is 24.4 Å². The van der Waals surface area contributed by atoms with Gasteiger partial charge in [-0.25, -0.2) is 4.98 Å². The van der Waals surface area contributed by atoms with E-state index in [0.717, 1.165) is 21.6 Å². The fourth-order valence-corrected chi connectivity index (χ4v) is 6.13. The van der Waals surface area contributed by atoms with E-state index < -0.39 is 42.0 Å². The highest BCUT2D eigenvalue weighted by molar-refractivity contribution is 6.06. The Hall–Kier alpha value is -4.02. The minimum absolute atomic E-state index is 0.172. The summed E-state index contributed by atoms with van der Waals surface area (Å²) in [5, 5.41) is 5.49. The number of carbonyl (C=O) groups excluding carboxylic acids is 3. The Balaban J connectivity index is 1.38. The summed E-state index contributed by atoms with van der Waals surface area (Å²) >= 11 is 0. The zero-order valence-corrected chi connectivity index (χ0v) is 22.4. The van der Waals surface area contributed by atoms with Gasteiger partial charge in [-0.1, -0.05) is 29.9 Å². The van der Waals surface area contributed by atoms with Crippen molar-refractivity contribution < 1.29 is 27.6 Å². The molecule has 0 unspecified atom stereocenters. The molecule has 11 heteroatoms. The fourth-order valence-electron chi connectivity index (χ4n) is 6.13. The van der Waals surface area contributed by atoms with Crippen LogP contribution in [0.3, 0.4) is 0 Å². The van der Waals surface area contributed by atoms with Crippen LogP contribution in [0.25, 0.3) is 0 Å². The van der Waals surface area contributed by atoms with Crippen LogP contribution >= 0.6 is 0 Å². The van der Waals surface area contributed by atoms with Gasteiger partial charge in [0.25, 0.3) is 5.91 Å². The third-order valence-corrected chi connectivity index (χ3v) is 8.21. The Morgan fingerprint density at radius 1 is 1.27 bits per heavy atom. The normalized spacial score (nSPS) is 26.3. The number of alkyl halides is 3. The molecule has 4 heterocycles. The molecule has 5 rings (SSSR count). The van der Waals surface area contributed by atoms with Crippen LogP contribution in [0.1, 0.15) is 54.4 Å². The van der Waals surface area contributed by atoms with Crippen LogP contribution in [0, 0.1) is 5.92 Å². The topological polar surface area (TPSA) is 104 Å². The first kappa shape index (κ1) is 27.5. The van der Waals surface area contributed by atoms with E-state index in [9.17, 15) is 27.6 Å². The maximum Gasteiger partial charge on any atom is 0.406 e. The lowest BCUT2D eigenvalue weighted by Gasteiger charge is -2.43. The number of piperidine rings is 1. The Bertz CT molecular complexity index is 1440. The van der Waals surface area contributed by atoms with Crippen LogP contribution in [0.2, 0.25) is 0 Å². The number of nitrogens with zero attached hydrogens (tertiary/aromatic N) is 3. The summed E-state index contributed by atoms with van der Waals surface area (Å²) < 4.78 is 40.2. The van der Waals surface area contributed by atoms with Gasteiger partial charge in [-0.05, 0) is 51.3 Å². The van der Waals surface area contributed by atoms with Gasteiger partial charge in [-0.15, -0.1) is 0 Å². The number of hydrogen-bond acceptors (Lipinski definition) is 5. The van der Waals surface area contributed by atoms with Crippen LogP contribution in [0.5, 0.6) is 0 Å². The van der Waals surface area contributed by atoms with Crippen LogP contribution in [-0.4, -0.2) is 57.4 Å². The van der Waals surface area contributed by atoms with E-state index in [1.165, 1.54) is 6.20 Å². The highest BCUT2D eigenvalue weighted by Crippen LogP contribution is 2.46. The predicted octanol–water partition coefficient (Wildman–Crippen LogP) is 3.89. The summed E-state index contributed by atoms with van der Waals surface area (Å²) in [6, 6.07) is 3.43. The number of halogens is 3. The molecule has 1 spiro atoms. The molecule has 8 nitrogen and oxygen atoms in total. The first-order valence-electron chi connectivity index (χ1n) is 13.2. The van der Waals surface area contributed by atoms with Gasteiger partial charge in [0.15, 0.2) is 0 Å². The lowest BCUT2D eigenvalue weighted by Crippen LogP contribution is -2.60. The largest absolute Gasteiger partial charge is 0.406 e. The number of nitrogens with one attached hydrogen (secondary N) is 2. The van der Waals surface area contributed by atoms with E-state index in [1.807, 2.05) is 32.1 Å². The molecule has 4 atom stereocenters. The van der Waals surface area contributed by atoms with Crippen LogP contribution in [0.15, 0.2) is 54.4 Å². The van der Waals surface area contributed by atoms with Gasteiger partial charge in [-0.2, -0.15) is 13.2 Å². The predicted molar refractivity (Wildman–Crippen MR) is 141 cm³/mol. The average Bonchev–Trinajstić information content (AvgIpc) is 3.42. The van der Waals surface area contributed by atoms with Crippen molar-refractivity contribution >= 4 is 23.5 Å². The number of hydrogen-bond donors (Lipinski definition) is 2. The molecule has 2 aromatic heterocycles. The van der Waals surface area contributed by atoms with Crippen LogP contribution in [-0.2, 0) is 27.8 Å². The van der Waals surface area contributed by atoms with Crippen molar-refractivity contribution in [3.8, 4) is 0 Å². The van der Waals surface area contributed by atoms with Crippen molar-refractivity contribution in [2.24, 2.45) is 5.92 Å². The zero-order valence-electron chi connectivity index (χ0n) is 22.4. The van der Waals surface area contributed by atoms with Gasteiger partial charge in [-0.3, -0.25) is 19.4 Å². The molecule has 0 radical (unpaired) electrons. The first-order valence-corrected chi connectivity index (χ1v) is 13.2. The summed E-state index contributed by atoms with van der Waals surface area (Å²) in [5.41, 5.74) is 2.33. The second kappa shape index (κ2) is 10.2. The third-order valence-electron chi connectivity index (χ3n) is 8.21.